The molecule has 0 saturated carbocycles. The summed E-state index contributed by atoms with van der Waals surface area (Å²) in [4.78, 5) is 21.8. The number of ether oxygens (including phenoxy) is 1. The average molecular weight is 480 g/mol. The molecule has 1 amide bonds. The lowest BCUT2D eigenvalue weighted by molar-refractivity contribution is -0.123. The number of piperazine rings is 1. The highest BCUT2D eigenvalue weighted by molar-refractivity contribution is 5.95. The lowest BCUT2D eigenvalue weighted by Crippen LogP contribution is -2.45. The van der Waals surface area contributed by atoms with Gasteiger partial charge < -0.3 is 24.4 Å². The molecule has 1 atom stereocenters. The van der Waals surface area contributed by atoms with E-state index in [-0.39, 0.29) is 17.6 Å². The Morgan fingerprint density at radius 3 is 2.57 bits per heavy atom. The Hall–Kier alpha value is -3.46. The Balaban J connectivity index is 1.28. The van der Waals surface area contributed by atoms with Crippen LogP contribution >= 0.6 is 0 Å². The molecule has 1 aromatic heterocycles. The summed E-state index contributed by atoms with van der Waals surface area (Å²) in [6, 6.07) is 10.3. The average Bonchev–Trinajstić information content (AvgIpc) is 3.35. The minimum Gasteiger partial charge on any atom is -0.478 e. The molecule has 0 radical (unpaired) electrons. The van der Waals surface area contributed by atoms with E-state index in [9.17, 15) is 9.18 Å². The number of halogens is 1. The van der Waals surface area contributed by atoms with Crippen molar-refractivity contribution >= 4 is 17.3 Å². The number of amides is 1. The first kappa shape index (κ1) is 23.3. The lowest BCUT2D eigenvalue weighted by atomic mass is 9.99. The standard InChI is InChI=1S/C26H30FN5O3/c1-16(2)26-29-24(30-35-26)17-4-7-20(8-5-17)28-25(33)22-9-6-18-14-19(27)15-21(23(18)34-22)32-12-10-31(3)11-13-32/h4-5,7-8,14-16,22H,6,9-13H2,1-3H3,(H,28,33). The molecular weight excluding hydrogens is 449 g/mol. The van der Waals surface area contributed by atoms with E-state index in [1.807, 2.05) is 26.0 Å². The number of likely N-dealkylation sites (N-methyl/N-ethyl adjacent to an activating group) is 1. The van der Waals surface area contributed by atoms with Gasteiger partial charge in [0.25, 0.3) is 5.91 Å². The molecule has 35 heavy (non-hydrogen) atoms. The van der Waals surface area contributed by atoms with Crippen LogP contribution in [0.2, 0.25) is 0 Å². The van der Waals surface area contributed by atoms with Gasteiger partial charge in [-0.2, -0.15) is 4.98 Å². The molecule has 1 unspecified atom stereocenters. The summed E-state index contributed by atoms with van der Waals surface area (Å²) < 4.78 is 25.8. The van der Waals surface area contributed by atoms with Crippen LogP contribution in [0.15, 0.2) is 40.9 Å². The highest BCUT2D eigenvalue weighted by atomic mass is 19.1. The number of carbonyl (C=O) groups excluding carboxylic acids is 1. The Kier molecular flexibility index (Phi) is 6.42. The Labute approximate surface area is 204 Å². The summed E-state index contributed by atoms with van der Waals surface area (Å²) in [5.41, 5.74) is 3.00. The maximum absolute atomic E-state index is 14.3. The van der Waals surface area contributed by atoms with Gasteiger partial charge in [0.1, 0.15) is 11.6 Å². The van der Waals surface area contributed by atoms with Gasteiger partial charge >= 0.3 is 0 Å². The first-order chi connectivity index (χ1) is 16.9. The summed E-state index contributed by atoms with van der Waals surface area (Å²) in [6.45, 7) is 7.36. The van der Waals surface area contributed by atoms with Crippen LogP contribution in [0.1, 0.15) is 37.6 Å². The van der Waals surface area contributed by atoms with E-state index in [4.69, 9.17) is 9.26 Å². The molecule has 1 saturated heterocycles. The van der Waals surface area contributed by atoms with Crippen molar-refractivity contribution in [2.45, 2.75) is 38.7 Å². The fourth-order valence-electron chi connectivity index (χ4n) is 4.42. The molecule has 0 bridgehead atoms. The Morgan fingerprint density at radius 2 is 1.89 bits per heavy atom. The smallest absolute Gasteiger partial charge is 0.265 e. The number of nitrogens with zero attached hydrogens (tertiary/aromatic N) is 4. The molecule has 8 nitrogen and oxygen atoms in total. The molecule has 1 fully saturated rings. The summed E-state index contributed by atoms with van der Waals surface area (Å²) >= 11 is 0. The number of aryl methyl sites for hydroxylation is 1. The fraction of sp³-hybridized carbons (Fsp3) is 0.423. The Bertz CT molecular complexity index is 1200. The second-order valence-electron chi connectivity index (χ2n) is 9.53. The number of hydrogen-bond acceptors (Lipinski definition) is 7. The van der Waals surface area contributed by atoms with Crippen molar-refractivity contribution in [2.75, 3.05) is 43.4 Å². The van der Waals surface area contributed by atoms with Crippen molar-refractivity contribution in [1.82, 2.24) is 15.0 Å². The van der Waals surface area contributed by atoms with Crippen molar-refractivity contribution in [3.05, 3.63) is 53.7 Å². The molecule has 2 aliphatic heterocycles. The van der Waals surface area contributed by atoms with Gasteiger partial charge in [0.05, 0.1) is 5.69 Å². The van der Waals surface area contributed by atoms with Crippen LogP contribution in [0.25, 0.3) is 11.4 Å². The molecule has 2 aromatic carbocycles. The lowest BCUT2D eigenvalue weighted by Gasteiger charge is -2.37. The van der Waals surface area contributed by atoms with Crippen LogP contribution in [0, 0.1) is 5.82 Å². The van der Waals surface area contributed by atoms with E-state index < -0.39 is 6.10 Å². The molecule has 2 aliphatic rings. The zero-order valence-corrected chi connectivity index (χ0v) is 20.3. The Morgan fingerprint density at radius 1 is 1.14 bits per heavy atom. The van der Waals surface area contributed by atoms with Gasteiger partial charge in [-0.05, 0) is 55.8 Å². The molecule has 5 rings (SSSR count). The van der Waals surface area contributed by atoms with E-state index in [1.54, 1.807) is 12.1 Å². The second-order valence-corrected chi connectivity index (χ2v) is 9.53. The van der Waals surface area contributed by atoms with Crippen molar-refractivity contribution in [3.63, 3.8) is 0 Å². The molecule has 0 aliphatic carbocycles. The fourth-order valence-corrected chi connectivity index (χ4v) is 4.42. The highest BCUT2D eigenvalue weighted by Gasteiger charge is 2.30. The first-order valence-electron chi connectivity index (χ1n) is 12.0. The monoisotopic (exact) mass is 479 g/mol. The number of rotatable bonds is 5. The molecule has 184 valence electrons. The van der Waals surface area contributed by atoms with Crippen LogP contribution in [0.5, 0.6) is 5.75 Å². The summed E-state index contributed by atoms with van der Waals surface area (Å²) in [6.07, 6.45) is 0.425. The minimum absolute atomic E-state index is 0.156. The van der Waals surface area contributed by atoms with Gasteiger partial charge in [0.15, 0.2) is 6.10 Å². The van der Waals surface area contributed by atoms with Gasteiger partial charge in [-0.3, -0.25) is 4.79 Å². The molecule has 0 spiro atoms. The van der Waals surface area contributed by atoms with E-state index in [0.29, 0.717) is 36.0 Å². The van der Waals surface area contributed by atoms with E-state index in [2.05, 4.69) is 32.3 Å². The third-order valence-electron chi connectivity index (χ3n) is 6.53. The van der Waals surface area contributed by atoms with Crippen LogP contribution < -0.4 is 15.0 Å². The van der Waals surface area contributed by atoms with Crippen molar-refractivity contribution in [1.29, 1.82) is 0 Å². The van der Waals surface area contributed by atoms with Crippen LogP contribution in [0.3, 0.4) is 0 Å². The zero-order valence-electron chi connectivity index (χ0n) is 20.3. The van der Waals surface area contributed by atoms with Gasteiger partial charge in [-0.1, -0.05) is 19.0 Å². The van der Waals surface area contributed by atoms with Gasteiger partial charge in [0, 0.05) is 49.4 Å². The minimum atomic E-state index is -0.648. The van der Waals surface area contributed by atoms with Crippen LogP contribution in [-0.2, 0) is 11.2 Å². The summed E-state index contributed by atoms with van der Waals surface area (Å²) in [7, 11) is 2.08. The number of anilines is 2. The third kappa shape index (κ3) is 5.00. The second kappa shape index (κ2) is 9.65. The van der Waals surface area contributed by atoms with E-state index in [0.717, 1.165) is 43.0 Å². The SMILES string of the molecule is CC(C)c1nc(-c2ccc(NC(=O)C3CCc4cc(F)cc(N5CCN(C)CC5)c4O3)cc2)no1. The van der Waals surface area contributed by atoms with Gasteiger partial charge in [0.2, 0.25) is 11.7 Å². The number of fused-ring (bicyclic) bond motifs is 1. The third-order valence-corrected chi connectivity index (χ3v) is 6.53. The summed E-state index contributed by atoms with van der Waals surface area (Å²) in [5, 5.41) is 6.96. The molecule has 1 N–H and O–H groups in total. The van der Waals surface area contributed by atoms with Crippen LogP contribution in [0.4, 0.5) is 15.8 Å². The highest BCUT2D eigenvalue weighted by Crippen LogP contribution is 2.39. The quantitative estimate of drug-likeness (QED) is 0.590. The summed E-state index contributed by atoms with van der Waals surface area (Å²) in [5.74, 6) is 1.38. The maximum atomic E-state index is 14.3. The maximum Gasteiger partial charge on any atom is 0.265 e. The topological polar surface area (TPSA) is 83.7 Å². The molecule has 3 aromatic rings. The van der Waals surface area contributed by atoms with Gasteiger partial charge in [-0.25, -0.2) is 4.39 Å². The number of carbonyl (C=O) groups is 1. The predicted molar refractivity (Wildman–Crippen MR) is 131 cm³/mol. The molecular formula is C26H30FN5O3. The first-order valence-corrected chi connectivity index (χ1v) is 12.0. The van der Waals surface area contributed by atoms with Crippen molar-refractivity contribution in [2.24, 2.45) is 0 Å². The van der Waals surface area contributed by atoms with Crippen LogP contribution in [-0.4, -0.2) is 60.3 Å². The molecule has 9 heteroatoms. The number of benzene rings is 2. The number of hydrogen-bond donors (Lipinski definition) is 1. The zero-order chi connectivity index (χ0) is 24.5. The predicted octanol–water partition coefficient (Wildman–Crippen LogP) is 4.08. The largest absolute Gasteiger partial charge is 0.478 e. The molecule has 3 heterocycles. The normalized spacial score (nSPS) is 18.3. The van der Waals surface area contributed by atoms with Crippen molar-refractivity contribution in [3.8, 4) is 17.1 Å². The van der Waals surface area contributed by atoms with Crippen molar-refractivity contribution < 1.29 is 18.4 Å². The van der Waals surface area contributed by atoms with Gasteiger partial charge in [-0.15, -0.1) is 0 Å². The van der Waals surface area contributed by atoms with E-state index in [1.165, 1.54) is 12.1 Å². The van der Waals surface area contributed by atoms with E-state index >= 15 is 0 Å². The number of nitrogens with one attached hydrogen (secondary N) is 1. The number of aromatic nitrogens is 2.